The van der Waals surface area contributed by atoms with Crippen LogP contribution in [0, 0.1) is 0 Å². The van der Waals surface area contributed by atoms with E-state index in [1.165, 1.54) is 0 Å². The van der Waals surface area contributed by atoms with Gasteiger partial charge in [-0.2, -0.15) is 0 Å². The maximum atomic E-state index is 9.55. The molecule has 1 aromatic heterocycles. The fourth-order valence-corrected chi connectivity index (χ4v) is 1.68. The normalized spacial score (nSPS) is 13.1. The van der Waals surface area contributed by atoms with Crippen LogP contribution in [0.3, 0.4) is 0 Å². The van der Waals surface area contributed by atoms with E-state index in [9.17, 15) is 5.11 Å². The van der Waals surface area contributed by atoms with Crippen molar-refractivity contribution in [1.29, 1.82) is 0 Å². The molecule has 1 aromatic rings. The average molecular weight is 289 g/mol. The molecule has 0 fully saturated rings. The number of aliphatic hydroxyl groups excluding tert-OH is 1. The summed E-state index contributed by atoms with van der Waals surface area (Å²) in [5.41, 5.74) is 0.982. The highest BCUT2D eigenvalue weighted by atomic mass is 79.9. The number of hydrogen-bond donors (Lipinski definition) is 1. The molecule has 5 heteroatoms. The maximum absolute atomic E-state index is 9.55. The first-order chi connectivity index (χ1) is 7.61. The van der Waals surface area contributed by atoms with Crippen molar-refractivity contribution in [1.82, 2.24) is 9.88 Å². The van der Waals surface area contributed by atoms with E-state index >= 15 is 0 Å². The van der Waals surface area contributed by atoms with E-state index in [0.717, 1.165) is 10.2 Å². The van der Waals surface area contributed by atoms with Crippen molar-refractivity contribution >= 4 is 15.9 Å². The Kier molecular flexibility index (Phi) is 5.90. The van der Waals surface area contributed by atoms with Gasteiger partial charge in [-0.3, -0.25) is 9.88 Å². The monoisotopic (exact) mass is 288 g/mol. The number of halogens is 1. The fraction of sp³-hybridized carbons (Fsp3) is 0.545. The smallest absolute Gasteiger partial charge is 0.0900 e. The molecule has 0 bridgehead atoms. The Labute approximate surface area is 104 Å². The van der Waals surface area contributed by atoms with Gasteiger partial charge in [0.05, 0.1) is 18.4 Å². The SMILES string of the molecule is COCC(O)CN(C)Cc1ccc(Br)cn1. The molecule has 0 aliphatic carbocycles. The van der Waals surface area contributed by atoms with Gasteiger partial charge >= 0.3 is 0 Å². The molecule has 16 heavy (non-hydrogen) atoms. The van der Waals surface area contributed by atoms with Crippen LogP contribution in [0.2, 0.25) is 0 Å². The Morgan fingerprint density at radius 1 is 1.56 bits per heavy atom. The average Bonchev–Trinajstić information content (AvgIpc) is 2.21. The van der Waals surface area contributed by atoms with E-state index in [1.807, 2.05) is 24.1 Å². The molecular weight excluding hydrogens is 272 g/mol. The molecule has 4 nitrogen and oxygen atoms in total. The molecule has 0 radical (unpaired) electrons. The largest absolute Gasteiger partial charge is 0.389 e. The number of hydrogen-bond acceptors (Lipinski definition) is 4. The molecule has 90 valence electrons. The Morgan fingerprint density at radius 2 is 2.31 bits per heavy atom. The minimum Gasteiger partial charge on any atom is -0.389 e. The number of aromatic nitrogens is 1. The number of ether oxygens (including phenoxy) is 1. The van der Waals surface area contributed by atoms with E-state index < -0.39 is 6.10 Å². The Hall–Kier alpha value is -0.490. The van der Waals surface area contributed by atoms with Crippen LogP contribution in [0.1, 0.15) is 5.69 Å². The molecule has 0 aliphatic rings. The van der Waals surface area contributed by atoms with Gasteiger partial charge < -0.3 is 9.84 Å². The molecular formula is C11H17BrN2O2. The van der Waals surface area contributed by atoms with E-state index in [2.05, 4.69) is 20.9 Å². The first kappa shape index (κ1) is 13.6. The molecule has 0 aliphatic heterocycles. The van der Waals surface area contributed by atoms with Crippen molar-refractivity contribution in [2.45, 2.75) is 12.6 Å². The Balaban J connectivity index is 2.39. The Bertz CT molecular complexity index is 305. The van der Waals surface area contributed by atoms with Crippen molar-refractivity contribution in [2.75, 3.05) is 27.3 Å². The summed E-state index contributed by atoms with van der Waals surface area (Å²) in [6.07, 6.45) is 1.32. The first-order valence-corrected chi connectivity index (χ1v) is 5.87. The predicted molar refractivity (Wildman–Crippen MR) is 66.2 cm³/mol. The molecule has 1 N–H and O–H groups in total. The van der Waals surface area contributed by atoms with Crippen LogP contribution in [0.15, 0.2) is 22.8 Å². The van der Waals surface area contributed by atoms with Crippen LogP contribution in [-0.2, 0) is 11.3 Å². The van der Waals surface area contributed by atoms with E-state index in [4.69, 9.17) is 4.74 Å². The highest BCUT2D eigenvalue weighted by Crippen LogP contribution is 2.08. The number of likely N-dealkylation sites (N-methyl/N-ethyl adjacent to an activating group) is 1. The predicted octanol–water partition coefficient (Wildman–Crippen LogP) is 1.28. The van der Waals surface area contributed by atoms with Crippen LogP contribution in [0.4, 0.5) is 0 Å². The van der Waals surface area contributed by atoms with E-state index in [0.29, 0.717) is 19.7 Å². The topological polar surface area (TPSA) is 45.6 Å². The molecule has 0 spiro atoms. The minimum atomic E-state index is -0.453. The van der Waals surface area contributed by atoms with Gasteiger partial charge in [-0.05, 0) is 35.1 Å². The van der Waals surface area contributed by atoms with Crippen molar-refractivity contribution in [3.8, 4) is 0 Å². The lowest BCUT2D eigenvalue weighted by Crippen LogP contribution is -2.31. The standard InChI is InChI=1S/C11H17BrN2O2/c1-14(7-11(15)8-16-2)6-10-4-3-9(12)5-13-10/h3-5,11,15H,6-8H2,1-2H3. The summed E-state index contributed by atoms with van der Waals surface area (Å²) in [5, 5.41) is 9.55. The van der Waals surface area contributed by atoms with Crippen molar-refractivity contribution in [2.24, 2.45) is 0 Å². The van der Waals surface area contributed by atoms with Gasteiger partial charge in [-0.15, -0.1) is 0 Å². The summed E-state index contributed by atoms with van der Waals surface area (Å²) in [5.74, 6) is 0. The fourth-order valence-electron chi connectivity index (χ4n) is 1.45. The van der Waals surface area contributed by atoms with Crippen LogP contribution >= 0.6 is 15.9 Å². The lowest BCUT2D eigenvalue weighted by atomic mass is 10.3. The second-order valence-corrected chi connectivity index (χ2v) is 4.69. The van der Waals surface area contributed by atoms with Gasteiger partial charge in [0.15, 0.2) is 0 Å². The van der Waals surface area contributed by atoms with Crippen molar-refractivity contribution in [3.05, 3.63) is 28.5 Å². The van der Waals surface area contributed by atoms with Gasteiger partial charge in [-0.25, -0.2) is 0 Å². The van der Waals surface area contributed by atoms with Crippen LogP contribution < -0.4 is 0 Å². The molecule has 0 saturated heterocycles. The molecule has 0 saturated carbocycles. The number of rotatable bonds is 6. The summed E-state index contributed by atoms with van der Waals surface area (Å²) < 4.78 is 5.84. The molecule has 1 rings (SSSR count). The van der Waals surface area contributed by atoms with Crippen LogP contribution in [-0.4, -0.2) is 48.4 Å². The molecule has 0 aromatic carbocycles. The molecule has 1 atom stereocenters. The third-order valence-corrected chi connectivity index (χ3v) is 2.57. The third kappa shape index (κ3) is 5.03. The molecule has 1 unspecified atom stereocenters. The summed E-state index contributed by atoms with van der Waals surface area (Å²) in [4.78, 5) is 6.28. The summed E-state index contributed by atoms with van der Waals surface area (Å²) in [6.45, 7) is 1.65. The Morgan fingerprint density at radius 3 is 2.88 bits per heavy atom. The zero-order valence-electron chi connectivity index (χ0n) is 9.56. The van der Waals surface area contributed by atoms with Gasteiger partial charge in [0, 0.05) is 30.9 Å². The quantitative estimate of drug-likeness (QED) is 0.857. The summed E-state index contributed by atoms with van der Waals surface area (Å²) in [7, 11) is 3.53. The summed E-state index contributed by atoms with van der Waals surface area (Å²) >= 11 is 3.34. The number of methoxy groups -OCH3 is 1. The lowest BCUT2D eigenvalue weighted by molar-refractivity contribution is 0.0416. The number of aliphatic hydroxyl groups is 1. The molecule has 1 heterocycles. The van der Waals surface area contributed by atoms with Gasteiger partial charge in [-0.1, -0.05) is 0 Å². The number of pyridine rings is 1. The highest BCUT2D eigenvalue weighted by Gasteiger charge is 2.08. The zero-order chi connectivity index (χ0) is 12.0. The molecule has 0 amide bonds. The first-order valence-electron chi connectivity index (χ1n) is 5.07. The van der Waals surface area contributed by atoms with E-state index in [1.54, 1.807) is 13.3 Å². The van der Waals surface area contributed by atoms with Crippen LogP contribution in [0.5, 0.6) is 0 Å². The lowest BCUT2D eigenvalue weighted by Gasteiger charge is -2.19. The second kappa shape index (κ2) is 6.96. The number of nitrogens with zero attached hydrogens (tertiary/aromatic N) is 2. The maximum Gasteiger partial charge on any atom is 0.0900 e. The third-order valence-electron chi connectivity index (χ3n) is 2.10. The van der Waals surface area contributed by atoms with Gasteiger partial charge in [0.25, 0.3) is 0 Å². The van der Waals surface area contributed by atoms with Crippen molar-refractivity contribution < 1.29 is 9.84 Å². The minimum absolute atomic E-state index is 0.359. The van der Waals surface area contributed by atoms with Crippen LogP contribution in [0.25, 0.3) is 0 Å². The van der Waals surface area contributed by atoms with Gasteiger partial charge in [0.1, 0.15) is 0 Å². The van der Waals surface area contributed by atoms with Gasteiger partial charge in [0.2, 0.25) is 0 Å². The second-order valence-electron chi connectivity index (χ2n) is 3.77. The summed E-state index contributed by atoms with van der Waals surface area (Å²) in [6, 6.07) is 3.92. The van der Waals surface area contributed by atoms with E-state index in [-0.39, 0.29) is 0 Å². The van der Waals surface area contributed by atoms with Crippen molar-refractivity contribution in [3.63, 3.8) is 0 Å². The zero-order valence-corrected chi connectivity index (χ0v) is 11.1. The highest BCUT2D eigenvalue weighted by molar-refractivity contribution is 9.10.